The van der Waals surface area contributed by atoms with E-state index in [0.29, 0.717) is 0 Å². The molecule has 0 unspecified atom stereocenters. The molecule has 0 radical (unpaired) electrons. The number of carboxylic acid groups (broad SMARTS) is 1. The van der Waals surface area contributed by atoms with E-state index in [-0.39, 0.29) is 62.8 Å². The second-order valence-electron chi connectivity index (χ2n) is 5.70. The van der Waals surface area contributed by atoms with Gasteiger partial charge in [-0.2, -0.15) is 0 Å². The first-order valence-corrected chi connectivity index (χ1v) is 5.80. The third-order valence-corrected chi connectivity index (χ3v) is 3.17. The zero-order valence-corrected chi connectivity index (χ0v) is 14.9. The Bertz CT molecular complexity index is 452. The maximum absolute atomic E-state index is 11.8. The number of aliphatic hydroxyl groups is 1. The topological polar surface area (TPSA) is 89.9 Å². The number of carbonyl (C=O) groups is 2. The minimum Gasteiger partial charge on any atom is -0.543 e. The Morgan fingerprint density at radius 2 is 2.00 bits per heavy atom. The molecule has 2 heterocycles. The summed E-state index contributed by atoms with van der Waals surface area (Å²) < 4.78 is 5.55. The van der Waals surface area contributed by atoms with Crippen molar-refractivity contribution in [3.8, 4) is 0 Å². The SMILES string of the molecule is C[C@@H](O)[C@H]1C(=O)N2C(C(=O)[O-])=C(C(C)(C)C)O[C@H]12.[K+]. The van der Waals surface area contributed by atoms with E-state index < -0.39 is 35.5 Å². The van der Waals surface area contributed by atoms with Crippen molar-refractivity contribution in [1.29, 1.82) is 0 Å². The van der Waals surface area contributed by atoms with Gasteiger partial charge in [-0.3, -0.25) is 9.69 Å². The van der Waals surface area contributed by atoms with Crippen molar-refractivity contribution >= 4 is 11.9 Å². The molecule has 3 atom stereocenters. The first kappa shape index (κ1) is 17.1. The molecule has 1 saturated heterocycles. The Morgan fingerprint density at radius 3 is 2.37 bits per heavy atom. The first-order chi connectivity index (χ1) is 8.16. The van der Waals surface area contributed by atoms with E-state index in [1.807, 2.05) is 0 Å². The minimum atomic E-state index is -1.43. The van der Waals surface area contributed by atoms with Crippen molar-refractivity contribution in [3.63, 3.8) is 0 Å². The maximum Gasteiger partial charge on any atom is 1.00 e. The van der Waals surface area contributed by atoms with E-state index in [9.17, 15) is 19.8 Å². The normalized spacial score (nSPS) is 27.2. The van der Waals surface area contributed by atoms with Gasteiger partial charge in [0.25, 0.3) is 0 Å². The molecule has 0 aliphatic carbocycles. The molecule has 19 heavy (non-hydrogen) atoms. The number of amides is 1. The number of carboxylic acids is 1. The molecule has 0 saturated carbocycles. The van der Waals surface area contributed by atoms with Crippen molar-refractivity contribution in [3.05, 3.63) is 11.5 Å². The van der Waals surface area contributed by atoms with Gasteiger partial charge in [-0.05, 0) is 6.92 Å². The van der Waals surface area contributed by atoms with Crippen LogP contribution >= 0.6 is 0 Å². The Kier molecular flexibility index (Phi) is 4.92. The van der Waals surface area contributed by atoms with Gasteiger partial charge in [0.05, 0.1) is 12.1 Å². The number of aliphatic hydroxyl groups excluding tert-OH is 1. The van der Waals surface area contributed by atoms with Gasteiger partial charge in [0, 0.05) is 5.41 Å². The van der Waals surface area contributed by atoms with Gasteiger partial charge in [0.2, 0.25) is 5.91 Å². The summed E-state index contributed by atoms with van der Waals surface area (Å²) in [6.45, 7) is 6.86. The third kappa shape index (κ3) is 2.64. The maximum atomic E-state index is 11.8. The van der Waals surface area contributed by atoms with Gasteiger partial charge < -0.3 is 19.7 Å². The smallest absolute Gasteiger partial charge is 0.543 e. The molecule has 0 bridgehead atoms. The summed E-state index contributed by atoms with van der Waals surface area (Å²) in [5, 5.41) is 20.7. The summed E-state index contributed by atoms with van der Waals surface area (Å²) in [4.78, 5) is 24.1. The van der Waals surface area contributed by atoms with Crippen LogP contribution in [0.5, 0.6) is 0 Å². The molecule has 1 fully saturated rings. The molecule has 2 rings (SSSR count). The third-order valence-electron chi connectivity index (χ3n) is 3.17. The van der Waals surface area contributed by atoms with Crippen LogP contribution < -0.4 is 56.5 Å². The molecule has 7 heteroatoms. The van der Waals surface area contributed by atoms with Gasteiger partial charge in [-0.15, -0.1) is 0 Å². The van der Waals surface area contributed by atoms with Crippen molar-refractivity contribution in [2.45, 2.75) is 40.0 Å². The van der Waals surface area contributed by atoms with Gasteiger partial charge in [0.15, 0.2) is 6.23 Å². The number of carbonyl (C=O) groups excluding carboxylic acids is 2. The molecule has 100 valence electrons. The number of hydrogen-bond acceptors (Lipinski definition) is 5. The number of hydrogen-bond donors (Lipinski definition) is 1. The number of ether oxygens (including phenoxy) is 1. The molecule has 6 nitrogen and oxygen atoms in total. The van der Waals surface area contributed by atoms with Crippen LogP contribution in [0.1, 0.15) is 27.7 Å². The van der Waals surface area contributed by atoms with Crippen LogP contribution in [0.4, 0.5) is 0 Å². The van der Waals surface area contributed by atoms with Gasteiger partial charge >= 0.3 is 51.4 Å². The van der Waals surface area contributed by atoms with Crippen LogP contribution in [0.15, 0.2) is 11.5 Å². The summed E-state index contributed by atoms with van der Waals surface area (Å²) in [5.74, 6) is -2.35. The van der Waals surface area contributed by atoms with E-state index in [2.05, 4.69) is 0 Å². The van der Waals surface area contributed by atoms with Crippen LogP contribution in [0.3, 0.4) is 0 Å². The van der Waals surface area contributed by atoms with Crippen molar-refractivity contribution < 1.29 is 75.9 Å². The summed E-state index contributed by atoms with van der Waals surface area (Å²) in [7, 11) is 0. The molecule has 0 spiro atoms. The average molecular weight is 293 g/mol. The van der Waals surface area contributed by atoms with Crippen LogP contribution in [0, 0.1) is 11.3 Å². The molecular weight excluding hydrogens is 277 g/mol. The fraction of sp³-hybridized carbons (Fsp3) is 0.667. The predicted octanol–water partition coefficient (Wildman–Crippen LogP) is -3.81. The van der Waals surface area contributed by atoms with E-state index in [0.717, 1.165) is 4.90 Å². The minimum absolute atomic E-state index is 0. The zero-order chi connectivity index (χ0) is 13.8. The number of rotatable bonds is 2. The molecule has 0 aromatic rings. The fourth-order valence-corrected chi connectivity index (χ4v) is 2.30. The fourth-order valence-electron chi connectivity index (χ4n) is 2.30. The number of allylic oxidation sites excluding steroid dienone is 1. The number of fused-ring (bicyclic) bond motifs is 1. The van der Waals surface area contributed by atoms with Crippen LogP contribution in [0.2, 0.25) is 0 Å². The van der Waals surface area contributed by atoms with Crippen LogP contribution in [0.25, 0.3) is 0 Å². The van der Waals surface area contributed by atoms with E-state index >= 15 is 0 Å². The number of β-lactam (4-membered cyclic amide) rings is 1. The Labute approximate surface area is 154 Å². The Balaban J connectivity index is 0.00000180. The molecule has 2 aliphatic heterocycles. The van der Waals surface area contributed by atoms with Gasteiger partial charge in [0.1, 0.15) is 17.4 Å². The molecule has 1 amide bonds. The molecular formula is C12H16KNO5. The van der Waals surface area contributed by atoms with Crippen molar-refractivity contribution in [2.75, 3.05) is 0 Å². The average Bonchev–Trinajstić information content (AvgIpc) is 2.51. The largest absolute Gasteiger partial charge is 1.00 e. The van der Waals surface area contributed by atoms with Crippen molar-refractivity contribution in [1.82, 2.24) is 4.90 Å². The Morgan fingerprint density at radius 1 is 1.47 bits per heavy atom. The number of aliphatic carboxylic acids is 1. The molecule has 2 aliphatic rings. The molecule has 0 aromatic carbocycles. The standard InChI is InChI=1S/C12H17NO5.K/c1-5(14)6-9(15)13-7(11(16)17)8(12(2,3)4)18-10(6)13;/h5-6,10,14H,1-4H3,(H,16,17);/q;+1/p-1/t5-,6+,10-;/m1./s1. The summed E-state index contributed by atoms with van der Waals surface area (Å²) >= 11 is 0. The second kappa shape index (κ2) is 5.46. The number of nitrogens with zero attached hydrogens (tertiary/aromatic N) is 1. The monoisotopic (exact) mass is 293 g/mol. The zero-order valence-electron chi connectivity index (χ0n) is 11.8. The van der Waals surface area contributed by atoms with Gasteiger partial charge in [-0.25, -0.2) is 0 Å². The van der Waals surface area contributed by atoms with Crippen LogP contribution in [-0.2, 0) is 14.3 Å². The van der Waals surface area contributed by atoms with E-state index in [4.69, 9.17) is 4.74 Å². The summed E-state index contributed by atoms with van der Waals surface area (Å²) in [6.07, 6.45) is -1.60. The van der Waals surface area contributed by atoms with E-state index in [1.165, 1.54) is 6.92 Å². The van der Waals surface area contributed by atoms with E-state index in [1.54, 1.807) is 20.8 Å². The predicted molar refractivity (Wildman–Crippen MR) is 58.4 cm³/mol. The summed E-state index contributed by atoms with van der Waals surface area (Å²) in [6, 6.07) is 0. The quantitative estimate of drug-likeness (QED) is 0.416. The molecule has 1 N–H and O–H groups in total. The Hall–Kier alpha value is 0.0764. The van der Waals surface area contributed by atoms with Crippen molar-refractivity contribution in [2.24, 2.45) is 11.3 Å². The van der Waals surface area contributed by atoms with Gasteiger partial charge in [-0.1, -0.05) is 20.8 Å². The van der Waals surface area contributed by atoms with Crippen LogP contribution in [-0.4, -0.2) is 34.2 Å². The second-order valence-corrected chi connectivity index (χ2v) is 5.70. The summed E-state index contributed by atoms with van der Waals surface area (Å²) in [5.41, 5.74) is -0.759. The first-order valence-electron chi connectivity index (χ1n) is 5.80. The molecule has 0 aromatic heterocycles.